The smallest absolute Gasteiger partial charge is 0.325 e. The summed E-state index contributed by atoms with van der Waals surface area (Å²) < 4.78 is 4.46. The van der Waals surface area contributed by atoms with Gasteiger partial charge in [0.2, 0.25) is 0 Å². The minimum absolute atomic E-state index is 0.0617. The molecule has 6 heteroatoms. The number of rotatable bonds is 6. The third kappa shape index (κ3) is 8.01. The predicted molar refractivity (Wildman–Crippen MR) is 91.6 cm³/mol. The molecule has 1 rings (SSSR count). The van der Waals surface area contributed by atoms with Crippen LogP contribution in [0.5, 0.6) is 0 Å². The van der Waals surface area contributed by atoms with Crippen LogP contribution in [0.4, 0.5) is 5.69 Å². The lowest BCUT2D eigenvalue weighted by atomic mass is 10.0. The van der Waals surface area contributed by atoms with Crippen LogP contribution >= 0.6 is 0 Å². The third-order valence-electron chi connectivity index (χ3n) is 3.08. The summed E-state index contributed by atoms with van der Waals surface area (Å²) in [5.74, 6) is -1.24. The average molecular weight is 322 g/mol. The number of carbonyl (C=O) groups excluding carboxylic acids is 1. The molecule has 0 fully saturated rings. The molecule has 1 aromatic carbocycles. The van der Waals surface area contributed by atoms with E-state index in [2.05, 4.69) is 22.7 Å². The molecule has 6 nitrogen and oxygen atoms in total. The summed E-state index contributed by atoms with van der Waals surface area (Å²) >= 11 is 0. The molecular weight excluding hydrogens is 296 g/mol. The van der Waals surface area contributed by atoms with Gasteiger partial charge in [-0.2, -0.15) is 0 Å². The van der Waals surface area contributed by atoms with Gasteiger partial charge in [-0.25, -0.2) is 0 Å². The quantitative estimate of drug-likeness (QED) is 0.548. The van der Waals surface area contributed by atoms with Gasteiger partial charge >= 0.3 is 11.9 Å². The van der Waals surface area contributed by atoms with Gasteiger partial charge in [0.05, 0.1) is 6.54 Å². The van der Waals surface area contributed by atoms with Crippen molar-refractivity contribution in [1.82, 2.24) is 0 Å². The summed E-state index contributed by atoms with van der Waals surface area (Å²) in [5, 5.41) is 11.8. The number of hydrogen-bond acceptors (Lipinski definition) is 5. The van der Waals surface area contributed by atoms with Crippen molar-refractivity contribution in [2.24, 2.45) is 5.73 Å². The molecule has 0 aliphatic rings. The Bertz CT molecular complexity index is 556. The Morgan fingerprint density at radius 2 is 2.00 bits per heavy atom. The van der Waals surface area contributed by atoms with Crippen LogP contribution in [0.2, 0.25) is 0 Å². The van der Waals surface area contributed by atoms with Crippen molar-refractivity contribution in [2.45, 2.75) is 33.7 Å². The molecule has 0 unspecified atom stereocenters. The summed E-state index contributed by atoms with van der Waals surface area (Å²) in [6, 6.07) is 3.50. The first-order valence-corrected chi connectivity index (χ1v) is 7.26. The number of nitrogens with two attached hydrogens (primary N) is 1. The first-order chi connectivity index (χ1) is 10.7. The molecule has 1 aromatic rings. The zero-order valence-electron chi connectivity index (χ0n) is 14.2. The van der Waals surface area contributed by atoms with Crippen LogP contribution in [0.1, 0.15) is 23.6 Å². The number of aliphatic carboxylic acids is 1. The number of carboxylic acid groups (broad SMARTS) is 1. The predicted octanol–water partition coefficient (Wildman–Crippen LogP) is 2.17. The number of benzene rings is 1. The van der Waals surface area contributed by atoms with Gasteiger partial charge in [-0.15, -0.1) is 0 Å². The van der Waals surface area contributed by atoms with E-state index < -0.39 is 18.0 Å². The number of esters is 1. The third-order valence-corrected chi connectivity index (χ3v) is 3.08. The molecule has 128 valence electrons. The molecule has 0 bridgehead atoms. The molecule has 0 amide bonds. The molecule has 0 saturated heterocycles. The summed E-state index contributed by atoms with van der Waals surface area (Å²) in [7, 11) is 0. The van der Waals surface area contributed by atoms with Gasteiger partial charge in [-0.05, 0) is 50.5 Å². The van der Waals surface area contributed by atoms with Crippen LogP contribution in [0.25, 0.3) is 0 Å². The van der Waals surface area contributed by atoms with E-state index in [9.17, 15) is 9.59 Å². The van der Waals surface area contributed by atoms with Crippen LogP contribution in [-0.4, -0.2) is 36.2 Å². The van der Waals surface area contributed by atoms with Crippen LogP contribution in [0, 0.1) is 20.8 Å². The van der Waals surface area contributed by atoms with Crippen molar-refractivity contribution < 1.29 is 19.4 Å². The van der Waals surface area contributed by atoms with Gasteiger partial charge in [-0.1, -0.05) is 18.7 Å². The van der Waals surface area contributed by atoms with Gasteiger partial charge in [0.15, 0.2) is 0 Å². The van der Waals surface area contributed by atoms with Gasteiger partial charge in [-0.3, -0.25) is 9.59 Å². The average Bonchev–Trinajstić information content (AvgIpc) is 2.50. The zero-order valence-corrected chi connectivity index (χ0v) is 14.2. The number of aryl methyl sites for hydroxylation is 2. The molecule has 0 aromatic heterocycles. The first kappa shape index (κ1) is 20.7. The Hall–Kier alpha value is -2.34. The molecule has 0 aliphatic heterocycles. The maximum atomic E-state index is 10.7. The van der Waals surface area contributed by atoms with E-state index in [-0.39, 0.29) is 13.2 Å². The summed E-state index contributed by atoms with van der Waals surface area (Å²) in [5.41, 5.74) is 9.23. The van der Waals surface area contributed by atoms with Gasteiger partial charge in [0.1, 0.15) is 12.6 Å². The lowest BCUT2D eigenvalue weighted by molar-refractivity contribution is -0.140. The van der Waals surface area contributed by atoms with E-state index in [0.29, 0.717) is 0 Å². The highest BCUT2D eigenvalue weighted by atomic mass is 16.5. The number of ether oxygens (including phenoxy) is 1. The van der Waals surface area contributed by atoms with Crippen LogP contribution in [0.15, 0.2) is 24.8 Å². The van der Waals surface area contributed by atoms with Crippen LogP contribution < -0.4 is 11.1 Å². The molecule has 23 heavy (non-hydrogen) atoms. The molecule has 1 atom stereocenters. The van der Waals surface area contributed by atoms with Crippen molar-refractivity contribution in [3.8, 4) is 0 Å². The fourth-order valence-corrected chi connectivity index (χ4v) is 1.70. The van der Waals surface area contributed by atoms with Crippen LogP contribution in [0.3, 0.4) is 0 Å². The number of anilines is 1. The highest BCUT2D eigenvalue weighted by Crippen LogP contribution is 2.21. The highest BCUT2D eigenvalue weighted by molar-refractivity contribution is 5.77. The lowest BCUT2D eigenvalue weighted by Gasteiger charge is -2.15. The number of carbonyl (C=O) groups is 2. The normalized spacial score (nSPS) is 10.8. The molecular formula is C17H26N2O4. The van der Waals surface area contributed by atoms with E-state index in [0.717, 1.165) is 16.8 Å². The van der Waals surface area contributed by atoms with Gasteiger partial charge in [0, 0.05) is 5.69 Å². The largest absolute Gasteiger partial charge is 0.480 e. The highest BCUT2D eigenvalue weighted by Gasteiger charge is 2.12. The van der Waals surface area contributed by atoms with E-state index in [1.807, 2.05) is 26.8 Å². The summed E-state index contributed by atoms with van der Waals surface area (Å²) in [6.45, 7) is 11.2. The molecule has 4 N–H and O–H groups in total. The second-order valence-corrected chi connectivity index (χ2v) is 5.13. The molecule has 0 aliphatic carbocycles. The topological polar surface area (TPSA) is 102 Å². The first-order valence-electron chi connectivity index (χ1n) is 7.26. The fourth-order valence-electron chi connectivity index (χ4n) is 1.70. The van der Waals surface area contributed by atoms with E-state index in [1.165, 1.54) is 11.6 Å². The van der Waals surface area contributed by atoms with E-state index >= 15 is 0 Å². The van der Waals surface area contributed by atoms with Crippen molar-refractivity contribution in [3.63, 3.8) is 0 Å². The Morgan fingerprint density at radius 3 is 2.48 bits per heavy atom. The SMILES string of the molecule is C=CCOC(=O)CN.Cc1cc(C)c(C)c(N[C@@H](C)C(=O)O)c1. The Morgan fingerprint density at radius 1 is 1.39 bits per heavy atom. The van der Waals surface area contributed by atoms with Gasteiger partial charge < -0.3 is 20.9 Å². The number of carboxylic acids is 1. The minimum Gasteiger partial charge on any atom is -0.480 e. The van der Waals surface area contributed by atoms with E-state index in [4.69, 9.17) is 10.8 Å². The van der Waals surface area contributed by atoms with Crippen molar-refractivity contribution in [2.75, 3.05) is 18.5 Å². The maximum absolute atomic E-state index is 10.7. The van der Waals surface area contributed by atoms with Crippen molar-refractivity contribution >= 4 is 17.6 Å². The second kappa shape index (κ2) is 10.4. The molecule has 0 heterocycles. The van der Waals surface area contributed by atoms with Crippen LogP contribution in [-0.2, 0) is 14.3 Å². The minimum atomic E-state index is -0.839. The Balaban J connectivity index is 0.000000515. The Labute approximate surface area is 137 Å². The standard InChI is InChI=1S/C12H17NO2.C5H9NO2/c1-7-5-8(2)9(3)11(6-7)13-10(4)12(14)15;1-2-3-8-5(7)4-6/h5-6,10,13H,1-4H3,(H,14,15);2H,1,3-4,6H2/t10-;/m0./s1. The van der Waals surface area contributed by atoms with Crippen molar-refractivity contribution in [3.05, 3.63) is 41.5 Å². The summed E-state index contributed by atoms with van der Waals surface area (Å²) in [6.07, 6.45) is 1.49. The Kier molecular flexibility index (Phi) is 9.34. The second-order valence-electron chi connectivity index (χ2n) is 5.13. The molecule has 0 spiro atoms. The molecule has 0 radical (unpaired) electrons. The van der Waals surface area contributed by atoms with Gasteiger partial charge in [0.25, 0.3) is 0 Å². The monoisotopic (exact) mass is 322 g/mol. The lowest BCUT2D eigenvalue weighted by Crippen LogP contribution is -2.25. The molecule has 0 saturated carbocycles. The summed E-state index contributed by atoms with van der Waals surface area (Å²) in [4.78, 5) is 20.9. The van der Waals surface area contributed by atoms with Crippen molar-refractivity contribution in [1.29, 1.82) is 0 Å². The maximum Gasteiger partial charge on any atom is 0.325 e. The fraction of sp³-hybridized carbons (Fsp3) is 0.412. The zero-order chi connectivity index (χ0) is 18.0. The number of nitrogens with one attached hydrogen (secondary N) is 1. The van der Waals surface area contributed by atoms with E-state index in [1.54, 1.807) is 6.92 Å². The number of hydrogen-bond donors (Lipinski definition) is 3.